The molecule has 0 aliphatic carbocycles. The van der Waals surface area contributed by atoms with E-state index in [1.165, 1.54) is 25.1 Å². The molecule has 0 bridgehead atoms. The molecule has 0 amide bonds. The fourth-order valence-corrected chi connectivity index (χ4v) is 2.41. The van der Waals surface area contributed by atoms with E-state index in [9.17, 15) is 4.39 Å². The van der Waals surface area contributed by atoms with Crippen LogP contribution in [0.15, 0.2) is 18.3 Å². The van der Waals surface area contributed by atoms with E-state index in [4.69, 9.17) is 4.74 Å². The molecule has 2 nitrogen and oxygen atoms in total. The van der Waals surface area contributed by atoms with Crippen LogP contribution in [0, 0.1) is 23.6 Å². The fourth-order valence-electron chi connectivity index (χ4n) is 2.41. The van der Waals surface area contributed by atoms with Gasteiger partial charge in [0.15, 0.2) is 0 Å². The van der Waals surface area contributed by atoms with E-state index in [-0.39, 0.29) is 5.82 Å². The molecule has 3 heteroatoms. The molecule has 1 aromatic rings. The first-order chi connectivity index (χ1) is 10.0. The summed E-state index contributed by atoms with van der Waals surface area (Å²) >= 11 is 0. The van der Waals surface area contributed by atoms with Crippen molar-refractivity contribution >= 4 is 0 Å². The van der Waals surface area contributed by atoms with Gasteiger partial charge in [-0.15, -0.1) is 0 Å². The van der Waals surface area contributed by atoms with Gasteiger partial charge >= 0.3 is 0 Å². The summed E-state index contributed by atoms with van der Waals surface area (Å²) in [6.07, 6.45) is 5.91. The Morgan fingerprint density at radius 1 is 1.24 bits per heavy atom. The lowest BCUT2D eigenvalue weighted by Gasteiger charge is -2.24. The van der Waals surface area contributed by atoms with Gasteiger partial charge in [0.1, 0.15) is 5.82 Å². The van der Waals surface area contributed by atoms with Crippen molar-refractivity contribution in [3.8, 4) is 0 Å². The van der Waals surface area contributed by atoms with Gasteiger partial charge in [0.25, 0.3) is 0 Å². The quantitative estimate of drug-likeness (QED) is 0.790. The molecule has 1 atom stereocenters. The number of aromatic nitrogens is 1. The Bertz CT molecular complexity index is 371. The Labute approximate surface area is 129 Å². The third-order valence-electron chi connectivity index (χ3n) is 4.25. The van der Waals surface area contributed by atoms with E-state index in [0.717, 1.165) is 43.6 Å². The van der Waals surface area contributed by atoms with E-state index in [1.54, 1.807) is 6.07 Å². The number of rotatable bonds is 4. The smallest absolute Gasteiger partial charge is 0.141 e. The molecule has 1 aromatic heterocycles. The largest absolute Gasteiger partial charge is 0.381 e. The molecule has 0 N–H and O–H groups in total. The lowest BCUT2D eigenvalue weighted by molar-refractivity contribution is 0.0523. The minimum Gasteiger partial charge on any atom is -0.381 e. The van der Waals surface area contributed by atoms with E-state index < -0.39 is 0 Å². The van der Waals surface area contributed by atoms with Crippen molar-refractivity contribution in [1.82, 2.24) is 4.98 Å². The highest BCUT2D eigenvalue weighted by Crippen LogP contribution is 2.22. The number of ether oxygens (including phenoxy) is 1. The molecular formula is C18H30FNO. The highest BCUT2D eigenvalue weighted by Gasteiger charge is 2.16. The van der Waals surface area contributed by atoms with Crippen molar-refractivity contribution in [3.05, 3.63) is 29.8 Å². The van der Waals surface area contributed by atoms with Gasteiger partial charge < -0.3 is 4.74 Å². The minimum absolute atomic E-state index is 0.261. The molecule has 1 aliphatic heterocycles. The topological polar surface area (TPSA) is 22.1 Å². The molecule has 1 aliphatic rings. The van der Waals surface area contributed by atoms with Crippen LogP contribution in [0.5, 0.6) is 0 Å². The summed E-state index contributed by atoms with van der Waals surface area (Å²) < 4.78 is 17.7. The Hall–Kier alpha value is -0.960. The van der Waals surface area contributed by atoms with Crippen LogP contribution in [0.4, 0.5) is 4.39 Å². The monoisotopic (exact) mass is 295 g/mol. The summed E-state index contributed by atoms with van der Waals surface area (Å²) in [6.45, 7) is 10.9. The predicted molar refractivity (Wildman–Crippen MR) is 85.7 cm³/mol. The molecule has 120 valence electrons. The third kappa shape index (κ3) is 7.56. The van der Waals surface area contributed by atoms with E-state index in [1.807, 2.05) is 0 Å². The normalized spacial score (nSPS) is 17.2. The summed E-state index contributed by atoms with van der Waals surface area (Å²) in [7, 11) is 0. The van der Waals surface area contributed by atoms with Gasteiger partial charge in [0, 0.05) is 18.9 Å². The maximum absolute atomic E-state index is 12.4. The molecule has 0 radical (unpaired) electrons. The Morgan fingerprint density at radius 2 is 1.90 bits per heavy atom. The number of halogens is 1. The Kier molecular flexibility index (Phi) is 8.51. The van der Waals surface area contributed by atoms with Gasteiger partial charge in [-0.05, 0) is 49.1 Å². The zero-order chi connectivity index (χ0) is 15.7. The number of hydrogen-bond acceptors (Lipinski definition) is 2. The summed E-state index contributed by atoms with van der Waals surface area (Å²) in [5.74, 6) is 2.15. The predicted octanol–water partition coefficient (Wildman–Crippen LogP) is 4.88. The molecular weight excluding hydrogens is 265 g/mol. The maximum atomic E-state index is 12.4. The molecule has 1 unspecified atom stereocenters. The SMILES string of the molecule is CC(C)C1CCOCC1.CCC(C)Cc1ccc(F)cn1. The van der Waals surface area contributed by atoms with Crippen LogP contribution >= 0.6 is 0 Å². The summed E-state index contributed by atoms with van der Waals surface area (Å²) in [4.78, 5) is 3.99. The average molecular weight is 295 g/mol. The number of pyridine rings is 1. The van der Waals surface area contributed by atoms with Gasteiger partial charge in [-0.25, -0.2) is 4.39 Å². The van der Waals surface area contributed by atoms with Crippen LogP contribution in [0.25, 0.3) is 0 Å². The van der Waals surface area contributed by atoms with E-state index >= 15 is 0 Å². The average Bonchev–Trinajstić information content (AvgIpc) is 2.51. The number of nitrogens with zero attached hydrogens (tertiary/aromatic N) is 1. The first-order valence-corrected chi connectivity index (χ1v) is 8.21. The molecule has 2 rings (SSSR count). The van der Waals surface area contributed by atoms with Crippen LogP contribution in [0.1, 0.15) is 52.7 Å². The van der Waals surface area contributed by atoms with Gasteiger partial charge in [-0.1, -0.05) is 34.1 Å². The number of hydrogen-bond donors (Lipinski definition) is 0. The highest BCUT2D eigenvalue weighted by molar-refractivity contribution is 5.05. The van der Waals surface area contributed by atoms with Crippen molar-refractivity contribution in [1.29, 1.82) is 0 Å². The molecule has 0 spiro atoms. The Morgan fingerprint density at radius 3 is 2.33 bits per heavy atom. The van der Waals surface area contributed by atoms with Crippen molar-refractivity contribution in [2.45, 2.75) is 53.4 Å². The first kappa shape index (κ1) is 18.1. The lowest BCUT2D eigenvalue weighted by Crippen LogP contribution is -2.19. The van der Waals surface area contributed by atoms with Crippen molar-refractivity contribution in [2.24, 2.45) is 17.8 Å². The van der Waals surface area contributed by atoms with Crippen LogP contribution in [0.2, 0.25) is 0 Å². The van der Waals surface area contributed by atoms with E-state index in [0.29, 0.717) is 5.92 Å². The second-order valence-corrected chi connectivity index (χ2v) is 6.38. The second-order valence-electron chi connectivity index (χ2n) is 6.38. The van der Waals surface area contributed by atoms with Crippen LogP contribution in [-0.2, 0) is 11.2 Å². The van der Waals surface area contributed by atoms with Gasteiger partial charge in [-0.3, -0.25) is 4.98 Å². The molecule has 0 saturated carbocycles. The molecule has 1 saturated heterocycles. The van der Waals surface area contributed by atoms with Gasteiger partial charge in [-0.2, -0.15) is 0 Å². The zero-order valence-corrected chi connectivity index (χ0v) is 13.9. The molecule has 1 fully saturated rings. The van der Waals surface area contributed by atoms with Crippen molar-refractivity contribution in [2.75, 3.05) is 13.2 Å². The standard InChI is InChI=1S/C10H14FN.C8H16O/c1-3-8(2)6-10-5-4-9(11)7-12-10;1-7(2)8-3-5-9-6-4-8/h4-5,7-8H,3,6H2,1-2H3;7-8H,3-6H2,1-2H3. The van der Waals surface area contributed by atoms with Crippen molar-refractivity contribution < 1.29 is 9.13 Å². The maximum Gasteiger partial charge on any atom is 0.141 e. The summed E-state index contributed by atoms with van der Waals surface area (Å²) in [5.41, 5.74) is 0.978. The lowest BCUT2D eigenvalue weighted by atomic mass is 9.89. The van der Waals surface area contributed by atoms with Gasteiger partial charge in [0.2, 0.25) is 0 Å². The molecule has 2 heterocycles. The fraction of sp³-hybridized carbons (Fsp3) is 0.722. The molecule has 21 heavy (non-hydrogen) atoms. The van der Waals surface area contributed by atoms with E-state index in [2.05, 4.69) is 32.7 Å². The van der Waals surface area contributed by atoms with Crippen molar-refractivity contribution in [3.63, 3.8) is 0 Å². The van der Waals surface area contributed by atoms with Crippen LogP contribution in [0.3, 0.4) is 0 Å². The first-order valence-electron chi connectivity index (χ1n) is 8.21. The molecule has 0 aromatic carbocycles. The van der Waals surface area contributed by atoms with Crippen LogP contribution in [-0.4, -0.2) is 18.2 Å². The summed E-state index contributed by atoms with van der Waals surface area (Å²) in [6, 6.07) is 3.21. The second kappa shape index (κ2) is 9.88. The Balaban J connectivity index is 0.000000219. The van der Waals surface area contributed by atoms with Gasteiger partial charge in [0.05, 0.1) is 6.20 Å². The third-order valence-corrected chi connectivity index (χ3v) is 4.25. The summed E-state index contributed by atoms with van der Waals surface area (Å²) in [5, 5.41) is 0. The zero-order valence-electron chi connectivity index (χ0n) is 13.9. The highest BCUT2D eigenvalue weighted by atomic mass is 19.1. The minimum atomic E-state index is -0.261. The van der Waals surface area contributed by atoms with Crippen LogP contribution < -0.4 is 0 Å².